The average molecular weight is 397 g/mol. The van der Waals surface area contributed by atoms with E-state index >= 15 is 0 Å². The first-order valence-electron chi connectivity index (χ1n) is 7.69. The number of thiophene rings is 1. The van der Waals surface area contributed by atoms with Crippen LogP contribution in [0.5, 0.6) is 0 Å². The van der Waals surface area contributed by atoms with Gasteiger partial charge >= 0.3 is 11.8 Å². The zero-order chi connectivity index (χ0) is 19.0. The molecule has 0 saturated carbocycles. The van der Waals surface area contributed by atoms with Gasteiger partial charge in [-0.25, -0.2) is 8.42 Å². The van der Waals surface area contributed by atoms with Crippen LogP contribution in [0.1, 0.15) is 10.8 Å². The van der Waals surface area contributed by atoms with E-state index < -0.39 is 26.9 Å². The van der Waals surface area contributed by atoms with Gasteiger partial charge in [0.25, 0.3) is 0 Å². The topological polar surface area (TPSA) is 114 Å². The summed E-state index contributed by atoms with van der Waals surface area (Å²) in [7, 11) is -2.27. The molecule has 0 aliphatic carbocycles. The fourth-order valence-electron chi connectivity index (χ4n) is 2.15. The Morgan fingerprint density at radius 2 is 2.00 bits per heavy atom. The number of nitrogens with zero attached hydrogens (tertiary/aromatic N) is 1. The minimum absolute atomic E-state index is 0.183. The van der Waals surface area contributed by atoms with Gasteiger partial charge in [-0.1, -0.05) is 12.1 Å². The van der Waals surface area contributed by atoms with Gasteiger partial charge in [-0.3, -0.25) is 14.6 Å². The quantitative estimate of drug-likeness (QED) is 0.496. The largest absolute Gasteiger partial charge is 0.383 e. The summed E-state index contributed by atoms with van der Waals surface area (Å²) in [5.74, 6) is -1.75. The third-order valence-corrected chi connectivity index (χ3v) is 6.98. The monoisotopic (exact) mass is 397 g/mol. The molecule has 2 rings (SSSR count). The molecule has 2 aromatic rings. The van der Waals surface area contributed by atoms with E-state index in [4.69, 9.17) is 4.74 Å². The van der Waals surface area contributed by atoms with Gasteiger partial charge in [0.15, 0.2) is 9.84 Å². The molecule has 2 heterocycles. The van der Waals surface area contributed by atoms with Gasteiger partial charge in [0.1, 0.15) is 9.46 Å². The van der Waals surface area contributed by atoms with Crippen LogP contribution in [0.2, 0.25) is 0 Å². The highest BCUT2D eigenvalue weighted by Gasteiger charge is 2.31. The van der Waals surface area contributed by atoms with E-state index in [1.165, 1.54) is 25.6 Å². The third-order valence-electron chi connectivity index (χ3n) is 3.45. The van der Waals surface area contributed by atoms with Crippen LogP contribution in [0, 0.1) is 0 Å². The summed E-state index contributed by atoms with van der Waals surface area (Å²) < 4.78 is 30.8. The van der Waals surface area contributed by atoms with Gasteiger partial charge in [0.2, 0.25) is 0 Å². The molecule has 0 radical (unpaired) electrons. The number of hydrogen-bond donors (Lipinski definition) is 2. The van der Waals surface area contributed by atoms with E-state index in [1.54, 1.807) is 23.6 Å². The molecule has 0 saturated heterocycles. The van der Waals surface area contributed by atoms with Crippen molar-refractivity contribution in [1.29, 1.82) is 0 Å². The number of amides is 2. The van der Waals surface area contributed by atoms with Crippen LogP contribution in [0.3, 0.4) is 0 Å². The Balaban J connectivity index is 2.14. The number of aromatic nitrogens is 1. The van der Waals surface area contributed by atoms with Crippen molar-refractivity contribution in [3.05, 3.63) is 47.6 Å². The molecular formula is C16H19N3O5S2. The Hall–Kier alpha value is -2.30. The first-order valence-corrected chi connectivity index (χ1v) is 10.1. The van der Waals surface area contributed by atoms with Crippen LogP contribution < -0.4 is 10.6 Å². The Kier molecular flexibility index (Phi) is 7.25. The molecule has 2 N–H and O–H groups in total. The number of methoxy groups -OCH3 is 1. The maximum atomic E-state index is 12.9. The van der Waals surface area contributed by atoms with Crippen molar-refractivity contribution in [2.45, 2.75) is 9.46 Å². The number of carbonyl (C=O) groups excluding carboxylic acids is 2. The van der Waals surface area contributed by atoms with E-state index in [0.29, 0.717) is 5.56 Å². The molecular weight excluding hydrogens is 378 g/mol. The number of nitrogens with one attached hydrogen (secondary N) is 2. The molecule has 0 bridgehead atoms. The van der Waals surface area contributed by atoms with Crippen LogP contribution in [0.25, 0.3) is 0 Å². The van der Waals surface area contributed by atoms with Crippen LogP contribution in [0.4, 0.5) is 0 Å². The van der Waals surface area contributed by atoms with Crippen LogP contribution >= 0.6 is 11.3 Å². The third kappa shape index (κ3) is 5.10. The second kappa shape index (κ2) is 9.41. The first-order chi connectivity index (χ1) is 12.5. The molecule has 8 nitrogen and oxygen atoms in total. The number of ether oxygens (including phenoxy) is 1. The SMILES string of the molecule is COCCNC(=O)C(=O)NC[C@H](c1cccnc1)S(=O)(=O)c1cccs1. The summed E-state index contributed by atoms with van der Waals surface area (Å²) in [5, 5.41) is 5.37. The maximum absolute atomic E-state index is 12.9. The minimum Gasteiger partial charge on any atom is -0.383 e. The average Bonchev–Trinajstić information content (AvgIpc) is 3.18. The second-order valence-electron chi connectivity index (χ2n) is 5.21. The fraction of sp³-hybridized carbons (Fsp3) is 0.312. The van der Waals surface area contributed by atoms with Crippen LogP contribution in [0.15, 0.2) is 46.2 Å². The highest BCUT2D eigenvalue weighted by Crippen LogP contribution is 2.30. The molecule has 0 unspecified atom stereocenters. The van der Waals surface area contributed by atoms with Crippen molar-refractivity contribution in [2.75, 3.05) is 26.8 Å². The van der Waals surface area contributed by atoms with Crippen molar-refractivity contribution in [3.63, 3.8) is 0 Å². The van der Waals surface area contributed by atoms with E-state index in [2.05, 4.69) is 15.6 Å². The lowest BCUT2D eigenvalue weighted by Gasteiger charge is -2.17. The number of carbonyl (C=O) groups is 2. The van der Waals surface area contributed by atoms with Gasteiger partial charge in [-0.2, -0.15) is 0 Å². The van der Waals surface area contributed by atoms with Crippen molar-refractivity contribution < 1.29 is 22.7 Å². The van der Waals surface area contributed by atoms with Crippen LogP contribution in [-0.2, 0) is 24.2 Å². The predicted octanol–water partition coefficient (Wildman–Crippen LogP) is 0.537. The normalized spacial score (nSPS) is 12.3. The van der Waals surface area contributed by atoms with Gasteiger partial charge in [0, 0.05) is 32.6 Å². The minimum atomic E-state index is -3.74. The molecule has 26 heavy (non-hydrogen) atoms. The van der Waals surface area contributed by atoms with Gasteiger partial charge in [0.05, 0.1) is 6.61 Å². The Bertz CT molecular complexity index is 823. The Morgan fingerprint density at radius 3 is 2.62 bits per heavy atom. The van der Waals surface area contributed by atoms with E-state index in [1.807, 2.05) is 0 Å². The molecule has 1 atom stereocenters. The summed E-state index contributed by atoms with van der Waals surface area (Å²) in [6, 6.07) is 6.38. The molecule has 0 aliphatic heterocycles. The van der Waals surface area contributed by atoms with Gasteiger partial charge in [-0.05, 0) is 23.1 Å². The van der Waals surface area contributed by atoms with E-state index in [9.17, 15) is 18.0 Å². The predicted molar refractivity (Wildman–Crippen MR) is 96.4 cm³/mol. The summed E-state index contributed by atoms with van der Waals surface area (Å²) in [6.07, 6.45) is 2.96. The summed E-state index contributed by atoms with van der Waals surface area (Å²) in [5.41, 5.74) is 0.431. The maximum Gasteiger partial charge on any atom is 0.309 e. The number of sulfone groups is 1. The van der Waals surface area contributed by atoms with Crippen molar-refractivity contribution in [2.24, 2.45) is 0 Å². The highest BCUT2D eigenvalue weighted by atomic mass is 32.2. The molecule has 0 aromatic carbocycles. The molecule has 2 amide bonds. The summed E-state index contributed by atoms with van der Waals surface area (Å²) in [6.45, 7) is 0.203. The Morgan fingerprint density at radius 1 is 1.23 bits per heavy atom. The lowest BCUT2D eigenvalue weighted by Crippen LogP contribution is -2.43. The smallest absolute Gasteiger partial charge is 0.309 e. The zero-order valence-corrected chi connectivity index (χ0v) is 15.7. The van der Waals surface area contributed by atoms with E-state index in [0.717, 1.165) is 11.3 Å². The molecule has 0 aliphatic rings. The highest BCUT2D eigenvalue weighted by molar-refractivity contribution is 7.93. The molecule has 0 spiro atoms. The molecule has 10 heteroatoms. The lowest BCUT2D eigenvalue weighted by atomic mass is 10.2. The number of hydrogen-bond acceptors (Lipinski definition) is 7. The number of pyridine rings is 1. The van der Waals surface area contributed by atoms with Gasteiger partial charge in [-0.15, -0.1) is 11.3 Å². The summed E-state index contributed by atoms with van der Waals surface area (Å²) >= 11 is 1.09. The van der Waals surface area contributed by atoms with E-state index in [-0.39, 0.29) is 23.9 Å². The number of rotatable bonds is 8. The Labute approximate surface area is 155 Å². The molecule has 0 fully saturated rings. The zero-order valence-electron chi connectivity index (χ0n) is 14.0. The molecule has 140 valence electrons. The lowest BCUT2D eigenvalue weighted by molar-refractivity contribution is -0.139. The fourth-order valence-corrected chi connectivity index (χ4v) is 5.00. The van der Waals surface area contributed by atoms with Gasteiger partial charge < -0.3 is 15.4 Å². The van der Waals surface area contributed by atoms with Crippen molar-refractivity contribution >= 4 is 33.0 Å². The van der Waals surface area contributed by atoms with Crippen molar-refractivity contribution in [3.8, 4) is 0 Å². The van der Waals surface area contributed by atoms with Crippen LogP contribution in [-0.4, -0.2) is 52.0 Å². The second-order valence-corrected chi connectivity index (χ2v) is 8.52. The van der Waals surface area contributed by atoms with Crippen molar-refractivity contribution in [1.82, 2.24) is 15.6 Å². The standard InChI is InChI=1S/C16H19N3O5S2/c1-24-8-7-18-15(20)16(21)19-11-13(12-4-2-6-17-10-12)26(22,23)14-5-3-9-25-14/h2-6,9-10,13H,7-8,11H2,1H3,(H,18,20)(H,19,21)/t13-/m1/s1. The first kappa shape index (κ1) is 20.0. The molecule has 2 aromatic heterocycles. The summed E-state index contributed by atoms with van der Waals surface area (Å²) in [4.78, 5) is 27.6.